The maximum Gasteiger partial charge on any atom is 0.280 e. The van der Waals surface area contributed by atoms with Crippen LogP contribution in [0.2, 0.25) is 0 Å². The molecule has 0 unspecified atom stereocenters. The summed E-state index contributed by atoms with van der Waals surface area (Å²) in [6.07, 6.45) is 1.63. The summed E-state index contributed by atoms with van der Waals surface area (Å²) in [6, 6.07) is 4.80. The molecule has 17 heavy (non-hydrogen) atoms. The van der Waals surface area contributed by atoms with Crippen molar-refractivity contribution in [1.82, 2.24) is 5.01 Å². The van der Waals surface area contributed by atoms with Gasteiger partial charge in [-0.3, -0.25) is 4.79 Å². The van der Waals surface area contributed by atoms with Gasteiger partial charge in [0.2, 0.25) is 0 Å². The molecular weight excluding hydrogens is 324 g/mol. The Morgan fingerprint density at radius 1 is 1.53 bits per heavy atom. The van der Waals surface area contributed by atoms with Gasteiger partial charge in [0.25, 0.3) is 5.91 Å². The third-order valence-corrected chi connectivity index (χ3v) is 4.14. The van der Waals surface area contributed by atoms with Gasteiger partial charge in [-0.1, -0.05) is 39.9 Å². The first-order valence-electron chi connectivity index (χ1n) is 4.50. The minimum atomic E-state index is -0.338. The van der Waals surface area contributed by atoms with Crippen molar-refractivity contribution in [2.75, 3.05) is 0 Å². The van der Waals surface area contributed by atoms with Crippen LogP contribution in [0.15, 0.2) is 27.6 Å². The quantitative estimate of drug-likeness (QED) is 0.358. The average Bonchev–Trinajstić information content (AvgIpc) is 2.52. The fraction of sp³-hybridized carbons (Fsp3) is 0. The summed E-state index contributed by atoms with van der Waals surface area (Å²) in [5, 5.41) is 10.3. The van der Waals surface area contributed by atoms with Crippen LogP contribution in [0.1, 0.15) is 5.56 Å². The SMILES string of the molecule is NN1C(=O)/C(=C\c2cc(O)ccc2Br)SC1=S. The van der Waals surface area contributed by atoms with Crippen molar-refractivity contribution < 1.29 is 9.90 Å². The van der Waals surface area contributed by atoms with Gasteiger partial charge in [-0.15, -0.1) is 0 Å². The van der Waals surface area contributed by atoms with Gasteiger partial charge in [-0.2, -0.15) is 0 Å². The molecule has 1 amide bonds. The highest BCUT2D eigenvalue weighted by Crippen LogP contribution is 2.32. The smallest absolute Gasteiger partial charge is 0.280 e. The second-order valence-corrected chi connectivity index (χ2v) is 5.79. The van der Waals surface area contributed by atoms with Crippen LogP contribution in [0.3, 0.4) is 0 Å². The normalized spacial score (nSPS) is 18.2. The van der Waals surface area contributed by atoms with E-state index in [2.05, 4.69) is 15.9 Å². The Bertz CT molecular complexity index is 545. The standard InChI is InChI=1S/C10H7BrN2O2S2/c11-7-2-1-6(14)3-5(7)4-8-9(15)13(12)10(16)17-8/h1-4,14H,12H2/b8-4+. The molecule has 7 heteroatoms. The lowest BCUT2D eigenvalue weighted by molar-refractivity contribution is -0.122. The topological polar surface area (TPSA) is 66.6 Å². The van der Waals surface area contributed by atoms with E-state index in [4.69, 9.17) is 18.1 Å². The van der Waals surface area contributed by atoms with E-state index in [0.717, 1.165) is 21.2 Å². The number of halogens is 1. The van der Waals surface area contributed by atoms with Crippen LogP contribution in [0.4, 0.5) is 0 Å². The first-order chi connectivity index (χ1) is 7.99. The number of carbonyl (C=O) groups excluding carboxylic acids is 1. The molecule has 3 N–H and O–H groups in total. The number of hydrogen-bond acceptors (Lipinski definition) is 5. The Hall–Kier alpha value is -0.890. The number of amides is 1. The molecule has 0 bridgehead atoms. The fourth-order valence-electron chi connectivity index (χ4n) is 1.26. The van der Waals surface area contributed by atoms with Gasteiger partial charge in [-0.25, -0.2) is 10.9 Å². The number of carbonyl (C=O) groups is 1. The van der Waals surface area contributed by atoms with Crippen molar-refractivity contribution in [2.45, 2.75) is 0 Å². The van der Waals surface area contributed by atoms with Crippen molar-refractivity contribution in [3.05, 3.63) is 33.1 Å². The Balaban J connectivity index is 2.40. The lowest BCUT2D eigenvalue weighted by Gasteiger charge is -2.03. The molecule has 0 aromatic heterocycles. The molecule has 0 radical (unpaired) electrons. The summed E-state index contributed by atoms with van der Waals surface area (Å²) in [4.78, 5) is 12.1. The number of phenols is 1. The number of thiocarbonyl (C=S) groups is 1. The Morgan fingerprint density at radius 3 is 2.82 bits per heavy atom. The highest BCUT2D eigenvalue weighted by Gasteiger charge is 2.29. The number of nitrogens with two attached hydrogens (primary N) is 1. The summed E-state index contributed by atoms with van der Waals surface area (Å²) >= 11 is 9.38. The molecule has 1 aliphatic rings. The predicted octanol–water partition coefficient (Wildman–Crippen LogP) is 2.23. The van der Waals surface area contributed by atoms with E-state index >= 15 is 0 Å². The zero-order valence-corrected chi connectivity index (χ0v) is 11.6. The molecule has 4 nitrogen and oxygen atoms in total. The molecule has 0 atom stereocenters. The van der Waals surface area contributed by atoms with Crippen LogP contribution in [0, 0.1) is 0 Å². The molecule has 2 rings (SSSR count). The molecule has 88 valence electrons. The van der Waals surface area contributed by atoms with Crippen LogP contribution in [-0.4, -0.2) is 20.3 Å². The number of benzene rings is 1. The van der Waals surface area contributed by atoms with Gasteiger partial charge >= 0.3 is 0 Å². The summed E-state index contributed by atoms with van der Waals surface area (Å²) in [7, 11) is 0. The first kappa shape index (κ1) is 12.6. The van der Waals surface area contributed by atoms with Crippen molar-refractivity contribution in [1.29, 1.82) is 0 Å². The van der Waals surface area contributed by atoms with Crippen molar-refractivity contribution >= 4 is 56.2 Å². The lowest BCUT2D eigenvalue weighted by Crippen LogP contribution is -2.34. The number of aromatic hydroxyl groups is 1. The van der Waals surface area contributed by atoms with Crippen LogP contribution < -0.4 is 5.84 Å². The van der Waals surface area contributed by atoms with Crippen LogP contribution in [0.5, 0.6) is 5.75 Å². The summed E-state index contributed by atoms with van der Waals surface area (Å²) in [5.41, 5.74) is 0.693. The molecule has 1 heterocycles. The second-order valence-electron chi connectivity index (χ2n) is 3.26. The number of phenolic OH excluding ortho intramolecular Hbond substituents is 1. The Labute approximate surface area is 116 Å². The molecule has 1 fully saturated rings. The van der Waals surface area contributed by atoms with E-state index in [0.29, 0.717) is 14.8 Å². The minimum absolute atomic E-state index is 0.127. The van der Waals surface area contributed by atoms with E-state index < -0.39 is 0 Å². The van der Waals surface area contributed by atoms with E-state index in [9.17, 15) is 9.90 Å². The average molecular weight is 331 g/mol. The zero-order valence-electron chi connectivity index (χ0n) is 8.38. The molecule has 1 aliphatic heterocycles. The predicted molar refractivity (Wildman–Crippen MR) is 75.0 cm³/mol. The minimum Gasteiger partial charge on any atom is -0.508 e. The van der Waals surface area contributed by atoms with E-state index in [1.807, 2.05) is 0 Å². The number of rotatable bonds is 1. The molecule has 0 spiro atoms. The van der Waals surface area contributed by atoms with Gasteiger partial charge in [0.05, 0.1) is 4.91 Å². The zero-order chi connectivity index (χ0) is 12.6. The first-order valence-corrected chi connectivity index (χ1v) is 6.52. The van der Waals surface area contributed by atoms with Gasteiger partial charge in [0.1, 0.15) is 5.75 Å². The summed E-state index contributed by atoms with van der Waals surface area (Å²) in [6.45, 7) is 0. The van der Waals surface area contributed by atoms with Crippen LogP contribution >= 0.6 is 39.9 Å². The number of hydrogen-bond donors (Lipinski definition) is 2. The molecular formula is C10H7BrN2O2S2. The molecule has 1 saturated heterocycles. The number of hydrazine groups is 1. The van der Waals surface area contributed by atoms with E-state index in [1.165, 1.54) is 0 Å². The van der Waals surface area contributed by atoms with Gasteiger partial charge in [0.15, 0.2) is 4.32 Å². The van der Waals surface area contributed by atoms with Crippen molar-refractivity contribution in [2.24, 2.45) is 5.84 Å². The monoisotopic (exact) mass is 330 g/mol. The molecule has 1 aromatic rings. The maximum absolute atomic E-state index is 11.7. The third-order valence-electron chi connectivity index (χ3n) is 2.09. The highest BCUT2D eigenvalue weighted by atomic mass is 79.9. The number of thioether (sulfide) groups is 1. The summed E-state index contributed by atoms with van der Waals surface area (Å²) in [5.74, 6) is 5.24. The molecule has 0 saturated carbocycles. The third kappa shape index (κ3) is 2.52. The van der Waals surface area contributed by atoms with E-state index in [1.54, 1.807) is 24.3 Å². The van der Waals surface area contributed by atoms with Gasteiger partial charge in [-0.05, 0) is 29.8 Å². The Morgan fingerprint density at radius 2 is 2.24 bits per heavy atom. The lowest BCUT2D eigenvalue weighted by atomic mass is 10.2. The largest absolute Gasteiger partial charge is 0.508 e. The maximum atomic E-state index is 11.7. The van der Waals surface area contributed by atoms with Gasteiger partial charge in [0, 0.05) is 4.47 Å². The van der Waals surface area contributed by atoms with Crippen LogP contribution in [0.25, 0.3) is 6.08 Å². The number of nitrogens with zero attached hydrogens (tertiary/aromatic N) is 1. The van der Waals surface area contributed by atoms with Crippen LogP contribution in [-0.2, 0) is 4.79 Å². The molecule has 0 aliphatic carbocycles. The highest BCUT2D eigenvalue weighted by molar-refractivity contribution is 9.10. The summed E-state index contributed by atoms with van der Waals surface area (Å²) < 4.78 is 1.09. The second kappa shape index (κ2) is 4.77. The Kier molecular flexibility index (Phi) is 3.53. The molecule has 1 aromatic carbocycles. The van der Waals surface area contributed by atoms with Crippen molar-refractivity contribution in [3.8, 4) is 5.75 Å². The van der Waals surface area contributed by atoms with Crippen molar-refractivity contribution in [3.63, 3.8) is 0 Å². The van der Waals surface area contributed by atoms with Gasteiger partial charge < -0.3 is 5.11 Å². The fourth-order valence-corrected chi connectivity index (χ4v) is 2.72. The van der Waals surface area contributed by atoms with E-state index in [-0.39, 0.29) is 11.7 Å².